The van der Waals surface area contributed by atoms with E-state index in [9.17, 15) is 17.6 Å². The van der Waals surface area contributed by atoms with Crippen molar-refractivity contribution in [2.45, 2.75) is 0 Å². The highest BCUT2D eigenvalue weighted by atomic mass is 35.5. The molecular weight excluding hydrogens is 411 g/mol. The summed E-state index contributed by atoms with van der Waals surface area (Å²) in [5.74, 6) is -1.50. The highest BCUT2D eigenvalue weighted by Gasteiger charge is 2.22. The minimum atomic E-state index is -4.33. The van der Waals surface area contributed by atoms with Crippen molar-refractivity contribution in [2.24, 2.45) is 5.14 Å². The van der Waals surface area contributed by atoms with E-state index in [0.29, 0.717) is 31.2 Å². The lowest BCUT2D eigenvalue weighted by Crippen LogP contribution is -2.50. The molecule has 0 unspecified atom stereocenters. The smallest absolute Gasteiger partial charge is 0.368 e. The zero-order valence-corrected chi connectivity index (χ0v) is 16.2. The Balaban J connectivity index is 1.57. The third-order valence-electron chi connectivity index (χ3n) is 4.15. The van der Waals surface area contributed by atoms with E-state index >= 15 is 0 Å². The molecule has 0 saturated carbocycles. The van der Waals surface area contributed by atoms with E-state index in [2.05, 4.69) is 14.4 Å². The minimum absolute atomic E-state index is 0.171. The van der Waals surface area contributed by atoms with Gasteiger partial charge in [-0.2, -0.15) is 13.6 Å². The van der Waals surface area contributed by atoms with Crippen LogP contribution in [0.25, 0.3) is 0 Å². The molecule has 1 saturated heterocycles. The monoisotopic (exact) mass is 428 g/mol. The summed E-state index contributed by atoms with van der Waals surface area (Å²) >= 11 is 5.89. The Kier molecular flexibility index (Phi) is 5.92. The Morgan fingerprint density at radius 3 is 2.32 bits per heavy atom. The van der Waals surface area contributed by atoms with Crippen molar-refractivity contribution in [3.05, 3.63) is 53.3 Å². The SMILES string of the molecule is NS(=O)(=O)Oc1ccc(NC(=O)N2CCN(c3ccc(Cl)cc3)CC2)cc1F. The van der Waals surface area contributed by atoms with Crippen LogP contribution < -0.4 is 19.5 Å². The van der Waals surface area contributed by atoms with Crippen LogP contribution >= 0.6 is 11.6 Å². The molecule has 2 aromatic carbocycles. The van der Waals surface area contributed by atoms with Gasteiger partial charge in [0.1, 0.15) is 0 Å². The van der Waals surface area contributed by atoms with Gasteiger partial charge in [0.2, 0.25) is 0 Å². The highest BCUT2D eigenvalue weighted by Crippen LogP contribution is 2.23. The van der Waals surface area contributed by atoms with Gasteiger partial charge in [0.05, 0.1) is 0 Å². The summed E-state index contributed by atoms with van der Waals surface area (Å²) in [7, 11) is -4.33. The standard InChI is InChI=1S/C17H18ClFN4O4S/c18-12-1-4-14(5-2-12)22-7-9-23(10-8-22)17(24)21-13-3-6-16(15(19)11-13)27-28(20,25)26/h1-6,11H,7-10H2,(H,21,24)(H2,20,25,26). The number of anilines is 2. The number of amides is 2. The number of piperazine rings is 1. The van der Waals surface area contributed by atoms with Crippen molar-refractivity contribution >= 4 is 39.3 Å². The molecule has 0 aromatic heterocycles. The third kappa shape index (κ3) is 5.24. The molecule has 28 heavy (non-hydrogen) atoms. The number of hydrogen-bond donors (Lipinski definition) is 2. The first-order chi connectivity index (χ1) is 13.2. The molecule has 8 nitrogen and oxygen atoms in total. The van der Waals surface area contributed by atoms with Crippen molar-refractivity contribution in [3.8, 4) is 5.75 Å². The number of benzene rings is 2. The quantitative estimate of drug-likeness (QED) is 0.778. The minimum Gasteiger partial charge on any atom is -0.368 e. The molecule has 1 heterocycles. The number of halogens is 2. The molecule has 11 heteroatoms. The predicted molar refractivity (Wildman–Crippen MR) is 104 cm³/mol. The largest absolute Gasteiger partial charge is 0.380 e. The van der Waals surface area contributed by atoms with Crippen molar-refractivity contribution < 1.29 is 21.8 Å². The second kappa shape index (κ2) is 8.21. The number of urea groups is 1. The van der Waals surface area contributed by atoms with E-state index in [1.807, 2.05) is 24.3 Å². The fourth-order valence-corrected chi connectivity index (χ4v) is 3.30. The summed E-state index contributed by atoms with van der Waals surface area (Å²) in [6.45, 7) is 2.27. The lowest BCUT2D eigenvalue weighted by Gasteiger charge is -2.36. The van der Waals surface area contributed by atoms with Crippen LogP contribution in [-0.2, 0) is 10.3 Å². The molecule has 2 aromatic rings. The summed E-state index contributed by atoms with van der Waals surface area (Å²) in [5.41, 5.74) is 1.20. The van der Waals surface area contributed by atoms with Gasteiger partial charge in [-0.05, 0) is 36.4 Å². The number of nitrogens with one attached hydrogen (secondary N) is 1. The lowest BCUT2D eigenvalue weighted by molar-refractivity contribution is 0.208. The first-order valence-corrected chi connectivity index (χ1v) is 10.1. The Morgan fingerprint density at radius 2 is 1.75 bits per heavy atom. The molecule has 0 radical (unpaired) electrons. The molecule has 1 aliphatic heterocycles. The van der Waals surface area contributed by atoms with Gasteiger partial charge in [-0.15, -0.1) is 0 Å². The van der Waals surface area contributed by atoms with Crippen LogP contribution in [0.15, 0.2) is 42.5 Å². The Hall–Kier alpha value is -2.56. The summed E-state index contributed by atoms with van der Waals surface area (Å²) in [6.07, 6.45) is 0. The average Bonchev–Trinajstić information content (AvgIpc) is 2.64. The van der Waals surface area contributed by atoms with Gasteiger partial charge < -0.3 is 19.3 Å². The summed E-state index contributed by atoms with van der Waals surface area (Å²) in [4.78, 5) is 16.1. The highest BCUT2D eigenvalue weighted by molar-refractivity contribution is 7.84. The van der Waals surface area contributed by atoms with Gasteiger partial charge >= 0.3 is 16.3 Å². The van der Waals surface area contributed by atoms with E-state index in [1.54, 1.807) is 4.90 Å². The van der Waals surface area contributed by atoms with Crippen LogP contribution in [0, 0.1) is 5.82 Å². The summed E-state index contributed by atoms with van der Waals surface area (Å²) in [6, 6.07) is 10.5. The van der Waals surface area contributed by atoms with Crippen molar-refractivity contribution in [1.82, 2.24) is 4.90 Å². The molecular formula is C17H18ClFN4O4S. The molecule has 0 atom stereocenters. The van der Waals surface area contributed by atoms with E-state index in [1.165, 1.54) is 6.07 Å². The van der Waals surface area contributed by atoms with E-state index in [4.69, 9.17) is 16.7 Å². The van der Waals surface area contributed by atoms with Crippen LogP contribution in [-0.4, -0.2) is 45.5 Å². The molecule has 0 spiro atoms. The van der Waals surface area contributed by atoms with Crippen LogP contribution in [0.3, 0.4) is 0 Å². The number of carbonyl (C=O) groups is 1. The molecule has 2 amide bonds. The Bertz CT molecular complexity index is 964. The van der Waals surface area contributed by atoms with Crippen LogP contribution in [0.5, 0.6) is 5.75 Å². The number of nitrogens with two attached hydrogens (primary N) is 1. The number of hydrogen-bond acceptors (Lipinski definition) is 5. The second-order valence-electron chi connectivity index (χ2n) is 6.10. The summed E-state index contributed by atoms with van der Waals surface area (Å²) in [5, 5.41) is 7.95. The number of nitrogens with zero attached hydrogens (tertiary/aromatic N) is 2. The maximum Gasteiger partial charge on any atom is 0.380 e. The molecule has 0 bridgehead atoms. The van der Waals surface area contributed by atoms with Gasteiger partial charge in [0.15, 0.2) is 11.6 Å². The molecule has 3 rings (SSSR count). The Morgan fingerprint density at radius 1 is 1.11 bits per heavy atom. The maximum absolute atomic E-state index is 13.9. The van der Waals surface area contributed by atoms with Crippen LogP contribution in [0.1, 0.15) is 0 Å². The maximum atomic E-state index is 13.9. The van der Waals surface area contributed by atoms with Gasteiger partial charge in [-0.25, -0.2) is 9.18 Å². The predicted octanol–water partition coefficient (Wildman–Crippen LogP) is 2.42. The number of rotatable bonds is 4. The van der Waals surface area contributed by atoms with Crippen LogP contribution in [0.4, 0.5) is 20.6 Å². The van der Waals surface area contributed by atoms with E-state index in [0.717, 1.165) is 17.8 Å². The Labute approximate surface area is 166 Å². The molecule has 0 aliphatic carbocycles. The molecule has 1 fully saturated rings. The topological polar surface area (TPSA) is 105 Å². The molecule has 3 N–H and O–H groups in total. The van der Waals surface area contributed by atoms with Crippen molar-refractivity contribution in [2.75, 3.05) is 36.4 Å². The number of carbonyl (C=O) groups excluding carboxylic acids is 1. The molecule has 1 aliphatic rings. The van der Waals surface area contributed by atoms with E-state index < -0.39 is 21.9 Å². The fraction of sp³-hybridized carbons (Fsp3) is 0.235. The lowest BCUT2D eigenvalue weighted by atomic mass is 10.2. The second-order valence-corrected chi connectivity index (χ2v) is 7.69. The van der Waals surface area contributed by atoms with Crippen molar-refractivity contribution in [3.63, 3.8) is 0 Å². The van der Waals surface area contributed by atoms with Gasteiger partial charge in [0, 0.05) is 48.6 Å². The first-order valence-electron chi connectivity index (χ1n) is 8.29. The zero-order valence-electron chi connectivity index (χ0n) is 14.6. The van der Waals surface area contributed by atoms with Crippen LogP contribution in [0.2, 0.25) is 5.02 Å². The zero-order chi connectivity index (χ0) is 20.3. The normalized spacial score (nSPS) is 14.7. The van der Waals surface area contributed by atoms with Gasteiger partial charge in [-0.3, -0.25) is 0 Å². The fourth-order valence-electron chi connectivity index (χ4n) is 2.79. The van der Waals surface area contributed by atoms with Crippen molar-refractivity contribution in [1.29, 1.82) is 0 Å². The average molecular weight is 429 g/mol. The first kappa shape index (κ1) is 20.2. The molecule has 150 valence electrons. The summed E-state index contributed by atoms with van der Waals surface area (Å²) < 4.78 is 40.0. The van der Waals surface area contributed by atoms with Gasteiger partial charge in [0.25, 0.3) is 0 Å². The third-order valence-corrected chi connectivity index (χ3v) is 4.81. The van der Waals surface area contributed by atoms with Gasteiger partial charge in [-0.1, -0.05) is 11.6 Å². The van der Waals surface area contributed by atoms with E-state index in [-0.39, 0.29) is 11.7 Å².